The van der Waals surface area contributed by atoms with Crippen LogP contribution in [0.15, 0.2) is 29.3 Å². The molecule has 0 aromatic heterocycles. The van der Waals surface area contributed by atoms with E-state index in [1.165, 1.54) is 11.1 Å². The van der Waals surface area contributed by atoms with Crippen LogP contribution in [0.4, 0.5) is 0 Å². The van der Waals surface area contributed by atoms with Crippen molar-refractivity contribution in [1.82, 2.24) is 15.5 Å². The van der Waals surface area contributed by atoms with Gasteiger partial charge in [-0.15, -0.1) is 0 Å². The van der Waals surface area contributed by atoms with Crippen molar-refractivity contribution in [2.75, 3.05) is 39.4 Å². The van der Waals surface area contributed by atoms with Crippen LogP contribution in [0.5, 0.6) is 0 Å². The predicted octanol–water partition coefficient (Wildman–Crippen LogP) is 2.78. The Morgan fingerprint density at radius 1 is 1.14 bits per heavy atom. The molecule has 0 spiro atoms. The smallest absolute Gasteiger partial charge is 0.191 e. The van der Waals surface area contributed by atoms with Crippen molar-refractivity contribution in [3.8, 4) is 0 Å². The normalized spacial score (nSPS) is 16.4. The predicted molar refractivity (Wildman–Crippen MR) is 116 cm³/mol. The van der Waals surface area contributed by atoms with Crippen molar-refractivity contribution in [3.63, 3.8) is 0 Å². The molecule has 1 aliphatic heterocycles. The van der Waals surface area contributed by atoms with Gasteiger partial charge < -0.3 is 20.1 Å². The minimum absolute atomic E-state index is 0.0536. The highest BCUT2D eigenvalue weighted by Crippen LogP contribution is 2.15. The van der Waals surface area contributed by atoms with Crippen LogP contribution >= 0.6 is 0 Å². The third-order valence-corrected chi connectivity index (χ3v) is 4.93. The molecule has 28 heavy (non-hydrogen) atoms. The van der Waals surface area contributed by atoms with E-state index >= 15 is 0 Å². The second-order valence-electron chi connectivity index (χ2n) is 8.14. The molecule has 158 valence electrons. The number of nitrogens with one attached hydrogen (secondary N) is 2. The molecule has 0 bridgehead atoms. The lowest BCUT2D eigenvalue weighted by molar-refractivity contribution is -0.00834. The number of hydrogen-bond acceptors (Lipinski definition) is 4. The summed E-state index contributed by atoms with van der Waals surface area (Å²) in [6.07, 6.45) is 0.250. The van der Waals surface area contributed by atoms with Crippen molar-refractivity contribution >= 4 is 5.96 Å². The maximum atomic E-state index is 5.65. The first kappa shape index (κ1) is 22.7. The number of benzene rings is 1. The van der Waals surface area contributed by atoms with Crippen molar-refractivity contribution in [2.24, 2.45) is 4.99 Å². The summed E-state index contributed by atoms with van der Waals surface area (Å²) in [6, 6.07) is 8.50. The molecule has 0 radical (unpaired) electrons. The molecular weight excluding hydrogens is 352 g/mol. The Hall–Kier alpha value is -1.63. The Kier molecular flexibility index (Phi) is 9.22. The molecule has 1 saturated heterocycles. The molecule has 1 aliphatic rings. The van der Waals surface area contributed by atoms with E-state index in [4.69, 9.17) is 14.5 Å². The van der Waals surface area contributed by atoms with Crippen LogP contribution in [0.25, 0.3) is 0 Å². The molecule has 0 aliphatic carbocycles. The van der Waals surface area contributed by atoms with Gasteiger partial charge in [0.25, 0.3) is 0 Å². The van der Waals surface area contributed by atoms with Gasteiger partial charge in [0.1, 0.15) is 0 Å². The Morgan fingerprint density at radius 3 is 2.39 bits per heavy atom. The van der Waals surface area contributed by atoms with Crippen LogP contribution < -0.4 is 10.6 Å². The average Bonchev–Trinajstić information content (AvgIpc) is 2.70. The van der Waals surface area contributed by atoms with Crippen molar-refractivity contribution in [3.05, 3.63) is 35.4 Å². The van der Waals surface area contributed by atoms with Gasteiger partial charge in [-0.1, -0.05) is 24.3 Å². The van der Waals surface area contributed by atoms with E-state index in [1.807, 2.05) is 0 Å². The number of guanidine groups is 1. The molecule has 2 rings (SSSR count). The van der Waals surface area contributed by atoms with Gasteiger partial charge in [0.15, 0.2) is 5.96 Å². The SMILES string of the molecule is CCNC(=NCc1ccc(COC(C)C)cc1)NCC(C)(C)N1CCOCC1. The topological polar surface area (TPSA) is 58.1 Å². The molecule has 6 nitrogen and oxygen atoms in total. The molecule has 1 heterocycles. The van der Waals surface area contributed by atoms with Crippen molar-refractivity contribution < 1.29 is 9.47 Å². The van der Waals surface area contributed by atoms with E-state index in [0.29, 0.717) is 13.2 Å². The second kappa shape index (κ2) is 11.4. The fraction of sp³-hybridized carbons (Fsp3) is 0.682. The van der Waals surface area contributed by atoms with Gasteiger partial charge >= 0.3 is 0 Å². The summed E-state index contributed by atoms with van der Waals surface area (Å²) in [5.74, 6) is 0.857. The Balaban J connectivity index is 1.88. The number of morpholine rings is 1. The third-order valence-electron chi connectivity index (χ3n) is 4.93. The summed E-state index contributed by atoms with van der Waals surface area (Å²) in [7, 11) is 0. The zero-order chi connectivity index (χ0) is 20.4. The molecular formula is C22H38N4O2. The van der Waals surface area contributed by atoms with Crippen LogP contribution in [0, 0.1) is 0 Å². The Bertz CT molecular complexity index is 593. The first-order valence-electron chi connectivity index (χ1n) is 10.4. The quantitative estimate of drug-likeness (QED) is 0.502. The van der Waals surface area contributed by atoms with Crippen LogP contribution in [0.3, 0.4) is 0 Å². The zero-order valence-corrected chi connectivity index (χ0v) is 18.3. The summed E-state index contributed by atoms with van der Waals surface area (Å²) in [6.45, 7) is 17.3. The monoisotopic (exact) mass is 390 g/mol. The van der Waals surface area contributed by atoms with E-state index in [1.54, 1.807) is 0 Å². The van der Waals surface area contributed by atoms with E-state index in [-0.39, 0.29) is 11.6 Å². The van der Waals surface area contributed by atoms with Crippen LogP contribution in [0.2, 0.25) is 0 Å². The molecule has 6 heteroatoms. The Labute approximate surface area is 170 Å². The highest BCUT2D eigenvalue weighted by molar-refractivity contribution is 5.79. The van der Waals surface area contributed by atoms with Gasteiger partial charge in [-0.25, -0.2) is 4.99 Å². The number of hydrogen-bond donors (Lipinski definition) is 2. The third kappa shape index (κ3) is 7.78. The van der Waals surface area contributed by atoms with E-state index in [0.717, 1.165) is 45.4 Å². The summed E-state index contributed by atoms with van der Waals surface area (Å²) in [4.78, 5) is 7.23. The summed E-state index contributed by atoms with van der Waals surface area (Å²) < 4.78 is 11.1. The number of rotatable bonds is 9. The lowest BCUT2D eigenvalue weighted by Crippen LogP contribution is -2.56. The van der Waals surface area contributed by atoms with Gasteiger partial charge in [-0.05, 0) is 45.7 Å². The standard InChI is InChI=1S/C22H38N4O2/c1-6-23-21(25-17-22(4,5)26-11-13-27-14-12-26)24-15-19-7-9-20(10-8-19)16-28-18(2)3/h7-10,18H,6,11-17H2,1-5H3,(H2,23,24,25). The molecule has 0 amide bonds. The number of ether oxygens (including phenoxy) is 2. The molecule has 0 saturated carbocycles. The Morgan fingerprint density at radius 2 is 1.79 bits per heavy atom. The molecule has 2 N–H and O–H groups in total. The van der Waals surface area contributed by atoms with Crippen LogP contribution in [0.1, 0.15) is 45.7 Å². The van der Waals surface area contributed by atoms with Crippen molar-refractivity contribution in [2.45, 2.75) is 59.4 Å². The maximum Gasteiger partial charge on any atom is 0.191 e. The lowest BCUT2D eigenvalue weighted by atomic mass is 10.0. The first-order valence-corrected chi connectivity index (χ1v) is 10.4. The summed E-state index contributed by atoms with van der Waals surface area (Å²) in [5, 5.41) is 6.86. The highest BCUT2D eigenvalue weighted by Gasteiger charge is 2.28. The van der Waals surface area contributed by atoms with Gasteiger partial charge in [0.05, 0.1) is 32.5 Å². The molecule has 0 unspecified atom stereocenters. The van der Waals surface area contributed by atoms with Gasteiger partial charge in [-0.3, -0.25) is 4.90 Å². The van der Waals surface area contributed by atoms with E-state index in [9.17, 15) is 0 Å². The second-order valence-corrected chi connectivity index (χ2v) is 8.14. The average molecular weight is 391 g/mol. The fourth-order valence-corrected chi connectivity index (χ4v) is 3.10. The van der Waals surface area contributed by atoms with Crippen LogP contribution in [-0.2, 0) is 22.6 Å². The van der Waals surface area contributed by atoms with Crippen LogP contribution in [-0.4, -0.2) is 61.9 Å². The van der Waals surface area contributed by atoms with Crippen molar-refractivity contribution in [1.29, 1.82) is 0 Å². The molecule has 1 aromatic carbocycles. The molecule has 0 atom stereocenters. The largest absolute Gasteiger partial charge is 0.379 e. The minimum atomic E-state index is 0.0536. The zero-order valence-electron chi connectivity index (χ0n) is 18.3. The molecule has 1 aromatic rings. The number of aliphatic imine (C=N–C) groups is 1. The molecule has 1 fully saturated rings. The fourth-order valence-electron chi connectivity index (χ4n) is 3.10. The minimum Gasteiger partial charge on any atom is -0.379 e. The summed E-state index contributed by atoms with van der Waals surface area (Å²) >= 11 is 0. The van der Waals surface area contributed by atoms with Gasteiger partial charge in [0.2, 0.25) is 0 Å². The summed E-state index contributed by atoms with van der Waals surface area (Å²) in [5.41, 5.74) is 2.44. The maximum absolute atomic E-state index is 5.65. The first-order chi connectivity index (χ1) is 13.4. The highest BCUT2D eigenvalue weighted by atomic mass is 16.5. The van der Waals surface area contributed by atoms with Gasteiger partial charge in [0, 0.05) is 31.7 Å². The van der Waals surface area contributed by atoms with E-state index in [2.05, 4.69) is 74.4 Å². The lowest BCUT2D eigenvalue weighted by Gasteiger charge is -2.41. The number of nitrogens with zero attached hydrogens (tertiary/aromatic N) is 2. The van der Waals surface area contributed by atoms with Gasteiger partial charge in [-0.2, -0.15) is 0 Å². The van der Waals surface area contributed by atoms with E-state index < -0.39 is 0 Å².